The molecule has 4 aliphatic rings. The zero-order valence-corrected chi connectivity index (χ0v) is 16.6. The van der Waals surface area contributed by atoms with Crippen LogP contribution in [0.15, 0.2) is 0 Å². The summed E-state index contributed by atoms with van der Waals surface area (Å²) in [6.45, 7) is 2.36. The van der Waals surface area contributed by atoms with Gasteiger partial charge in [0.05, 0.1) is 24.4 Å². The van der Waals surface area contributed by atoms with Crippen molar-refractivity contribution in [1.82, 2.24) is 5.32 Å². The third kappa shape index (κ3) is 3.51. The van der Waals surface area contributed by atoms with Crippen molar-refractivity contribution in [3.63, 3.8) is 0 Å². The van der Waals surface area contributed by atoms with E-state index in [1.807, 2.05) is 0 Å². The lowest BCUT2D eigenvalue weighted by Gasteiger charge is -2.52. The molecule has 1 aliphatic carbocycles. The molecular weight excluding hydrogens is 370 g/mol. The normalized spacial score (nSPS) is 54.2. The van der Waals surface area contributed by atoms with E-state index in [2.05, 4.69) is 5.32 Å². The highest BCUT2D eigenvalue weighted by Gasteiger charge is 2.54. The van der Waals surface area contributed by atoms with E-state index in [0.29, 0.717) is 5.92 Å². The van der Waals surface area contributed by atoms with Crippen LogP contribution in [0.3, 0.4) is 0 Å². The predicted molar refractivity (Wildman–Crippen MR) is 96.3 cm³/mol. The van der Waals surface area contributed by atoms with Gasteiger partial charge in [-0.3, -0.25) is 5.32 Å². The summed E-state index contributed by atoms with van der Waals surface area (Å²) in [7, 11) is 3.40. The van der Waals surface area contributed by atoms with Gasteiger partial charge in [-0.05, 0) is 26.2 Å². The first-order chi connectivity index (χ1) is 13.5. The van der Waals surface area contributed by atoms with Crippen molar-refractivity contribution in [3.8, 4) is 0 Å². The lowest BCUT2D eigenvalue weighted by molar-refractivity contribution is -0.316. The number of hydrogen-bond acceptors (Lipinski definition) is 9. The van der Waals surface area contributed by atoms with Crippen LogP contribution in [0.4, 0.5) is 0 Å². The van der Waals surface area contributed by atoms with Crippen LogP contribution >= 0.6 is 0 Å². The van der Waals surface area contributed by atoms with Gasteiger partial charge >= 0.3 is 0 Å². The van der Waals surface area contributed by atoms with Crippen LogP contribution in [-0.4, -0.2) is 97.4 Å². The zero-order chi connectivity index (χ0) is 20.0. The Kier molecular flexibility index (Phi) is 6.27. The zero-order valence-electron chi connectivity index (χ0n) is 16.6. The van der Waals surface area contributed by atoms with Crippen LogP contribution < -0.4 is 5.32 Å². The summed E-state index contributed by atoms with van der Waals surface area (Å²) in [6.07, 6.45) is -3.43. The molecule has 3 aliphatic heterocycles. The predicted octanol–water partition coefficient (Wildman–Crippen LogP) is -1.03. The largest absolute Gasteiger partial charge is 0.388 e. The highest BCUT2D eigenvalue weighted by atomic mass is 16.7. The molecule has 12 atom stereocenters. The summed E-state index contributed by atoms with van der Waals surface area (Å²) >= 11 is 0. The minimum absolute atomic E-state index is 0.0123. The molecular formula is C19H33NO8. The number of methoxy groups -OCH3 is 2. The second-order valence-electron chi connectivity index (χ2n) is 8.43. The average Bonchev–Trinajstić information content (AvgIpc) is 3.16. The molecule has 0 aromatic heterocycles. The molecule has 9 heteroatoms. The highest BCUT2D eigenvalue weighted by molar-refractivity contribution is 5.05. The molecule has 0 bridgehead atoms. The number of rotatable bonds is 4. The van der Waals surface area contributed by atoms with Gasteiger partial charge < -0.3 is 39.0 Å². The third-order valence-electron chi connectivity index (χ3n) is 6.97. The van der Waals surface area contributed by atoms with E-state index < -0.39 is 30.7 Å². The van der Waals surface area contributed by atoms with Crippen LogP contribution in [0.5, 0.6) is 0 Å². The van der Waals surface area contributed by atoms with Gasteiger partial charge in [0.1, 0.15) is 24.5 Å². The first kappa shape index (κ1) is 20.9. The Hall–Kier alpha value is -0.360. The molecule has 162 valence electrons. The van der Waals surface area contributed by atoms with Crippen LogP contribution in [0.2, 0.25) is 0 Å². The van der Waals surface area contributed by atoms with Crippen molar-refractivity contribution in [2.75, 3.05) is 20.8 Å². The van der Waals surface area contributed by atoms with Gasteiger partial charge in [-0.25, -0.2) is 0 Å². The lowest BCUT2D eigenvalue weighted by atomic mass is 9.70. The summed E-state index contributed by atoms with van der Waals surface area (Å²) in [5, 5.41) is 33.8. The molecule has 9 nitrogen and oxygen atoms in total. The number of hydrogen-bond donors (Lipinski definition) is 4. The molecule has 3 heterocycles. The monoisotopic (exact) mass is 403 g/mol. The van der Waals surface area contributed by atoms with Gasteiger partial charge in [0.25, 0.3) is 0 Å². The average molecular weight is 403 g/mol. The molecule has 28 heavy (non-hydrogen) atoms. The van der Waals surface area contributed by atoms with Crippen LogP contribution in [0.25, 0.3) is 0 Å². The van der Waals surface area contributed by atoms with Gasteiger partial charge in [0, 0.05) is 38.7 Å². The van der Waals surface area contributed by atoms with Crippen molar-refractivity contribution in [1.29, 1.82) is 0 Å². The fourth-order valence-electron chi connectivity index (χ4n) is 5.48. The van der Waals surface area contributed by atoms with E-state index >= 15 is 0 Å². The molecule has 4 fully saturated rings. The number of ether oxygens (including phenoxy) is 5. The molecule has 7 unspecified atom stereocenters. The maximum atomic E-state index is 10.3. The first-order valence-corrected chi connectivity index (χ1v) is 10.2. The van der Waals surface area contributed by atoms with Crippen LogP contribution in [-0.2, 0) is 23.7 Å². The molecule has 0 spiro atoms. The van der Waals surface area contributed by atoms with E-state index in [4.69, 9.17) is 23.7 Å². The summed E-state index contributed by atoms with van der Waals surface area (Å²) < 4.78 is 29.2. The Bertz CT molecular complexity index is 538. The number of piperidine rings is 1. The Morgan fingerprint density at radius 3 is 2.36 bits per heavy atom. The standard InChI is InChI=1S/C19H33NO8/c1-8-13(21)14(22)15(23)19(27-8)28-11-5-4-9-12(17(11)25-3)20-18-10(6-7-26-18)16(9)24-2/h8-23H,4-7H2,1-3H3/t8-,9?,10?,11?,12?,13+,14+,15+,16?,17?,18?,19-/m0/s1. The number of nitrogens with one attached hydrogen (secondary N) is 1. The van der Waals surface area contributed by atoms with E-state index in [1.165, 1.54) is 0 Å². The quantitative estimate of drug-likeness (QED) is 0.467. The Morgan fingerprint density at radius 1 is 0.893 bits per heavy atom. The molecule has 1 saturated carbocycles. The second kappa shape index (κ2) is 8.41. The minimum Gasteiger partial charge on any atom is -0.388 e. The third-order valence-corrected chi connectivity index (χ3v) is 6.97. The molecule has 0 amide bonds. The van der Waals surface area contributed by atoms with Gasteiger partial charge in [-0.15, -0.1) is 0 Å². The Morgan fingerprint density at radius 2 is 1.64 bits per heavy atom. The summed E-state index contributed by atoms with van der Waals surface area (Å²) in [5.74, 6) is 0.614. The van der Waals surface area contributed by atoms with Gasteiger partial charge in [-0.1, -0.05) is 0 Å². The van der Waals surface area contributed by atoms with E-state index in [0.717, 1.165) is 25.9 Å². The second-order valence-corrected chi connectivity index (χ2v) is 8.43. The molecule has 0 aromatic carbocycles. The maximum absolute atomic E-state index is 10.3. The van der Waals surface area contributed by atoms with E-state index in [9.17, 15) is 15.3 Å². The topological polar surface area (TPSA) is 119 Å². The van der Waals surface area contributed by atoms with Crippen molar-refractivity contribution in [2.24, 2.45) is 11.8 Å². The number of fused-ring (bicyclic) bond motifs is 2. The molecule has 0 aromatic rings. The Labute approximate surface area is 165 Å². The van der Waals surface area contributed by atoms with Gasteiger partial charge in [0.2, 0.25) is 0 Å². The highest BCUT2D eigenvalue weighted by Crippen LogP contribution is 2.42. The molecule has 4 rings (SSSR count). The first-order valence-electron chi connectivity index (χ1n) is 10.2. The SMILES string of the molecule is COC1C2CCOC2NC2C1CCC(O[C@@H]1O[C@@H](C)[C@@H](O)[C@@H](O)[C@H]1O)C2OC. The molecule has 4 N–H and O–H groups in total. The fraction of sp³-hybridized carbons (Fsp3) is 1.00. The number of aliphatic hydroxyl groups is 3. The maximum Gasteiger partial charge on any atom is 0.186 e. The van der Waals surface area contributed by atoms with E-state index in [-0.39, 0.29) is 36.5 Å². The smallest absolute Gasteiger partial charge is 0.186 e. The van der Waals surface area contributed by atoms with Crippen LogP contribution in [0.1, 0.15) is 26.2 Å². The molecule has 0 radical (unpaired) electrons. The van der Waals surface area contributed by atoms with Crippen molar-refractivity contribution in [3.05, 3.63) is 0 Å². The summed E-state index contributed by atoms with van der Waals surface area (Å²) in [4.78, 5) is 0. The fourth-order valence-corrected chi connectivity index (χ4v) is 5.48. The van der Waals surface area contributed by atoms with Crippen molar-refractivity contribution in [2.45, 2.75) is 87.5 Å². The number of aliphatic hydroxyl groups excluding tert-OH is 3. The van der Waals surface area contributed by atoms with Crippen LogP contribution in [0, 0.1) is 11.8 Å². The van der Waals surface area contributed by atoms with Crippen molar-refractivity contribution >= 4 is 0 Å². The molecule has 3 saturated heterocycles. The minimum atomic E-state index is -1.32. The van der Waals surface area contributed by atoms with Gasteiger partial charge in [-0.2, -0.15) is 0 Å². The summed E-state index contributed by atoms with van der Waals surface area (Å²) in [5.41, 5.74) is 0. The lowest BCUT2D eigenvalue weighted by Crippen LogP contribution is -2.67. The van der Waals surface area contributed by atoms with Gasteiger partial charge in [0.15, 0.2) is 6.29 Å². The van der Waals surface area contributed by atoms with Crippen molar-refractivity contribution < 1.29 is 39.0 Å². The Balaban J connectivity index is 1.48. The summed E-state index contributed by atoms with van der Waals surface area (Å²) in [6, 6.07) is -0.0123. The van der Waals surface area contributed by atoms with E-state index in [1.54, 1.807) is 21.1 Å².